The smallest absolute Gasteiger partial charge is 0.0233 e. The third-order valence-electron chi connectivity index (χ3n) is 2.93. The SMILES string of the molecule is C1CNCCN(C2CCNC2)C1. The Hall–Kier alpha value is -0.120. The molecule has 0 aliphatic carbocycles. The summed E-state index contributed by atoms with van der Waals surface area (Å²) in [6, 6.07) is 0.824. The molecule has 0 aromatic heterocycles. The van der Waals surface area contributed by atoms with Gasteiger partial charge in [-0.25, -0.2) is 0 Å². The molecule has 70 valence electrons. The topological polar surface area (TPSA) is 27.3 Å². The van der Waals surface area contributed by atoms with Crippen molar-refractivity contribution < 1.29 is 0 Å². The van der Waals surface area contributed by atoms with Gasteiger partial charge in [-0.1, -0.05) is 0 Å². The lowest BCUT2D eigenvalue weighted by molar-refractivity contribution is 0.222. The van der Waals surface area contributed by atoms with Crippen LogP contribution in [0.3, 0.4) is 0 Å². The Morgan fingerprint density at radius 3 is 2.83 bits per heavy atom. The molecule has 1 atom stereocenters. The Labute approximate surface area is 74.5 Å². The van der Waals surface area contributed by atoms with Gasteiger partial charge in [0.05, 0.1) is 0 Å². The number of nitrogens with one attached hydrogen (secondary N) is 2. The van der Waals surface area contributed by atoms with Crippen molar-refractivity contribution in [2.75, 3.05) is 39.3 Å². The van der Waals surface area contributed by atoms with E-state index in [-0.39, 0.29) is 0 Å². The summed E-state index contributed by atoms with van der Waals surface area (Å²) in [6.45, 7) is 7.34. The molecule has 12 heavy (non-hydrogen) atoms. The number of hydrogen-bond donors (Lipinski definition) is 2. The third kappa shape index (κ3) is 1.97. The highest BCUT2D eigenvalue weighted by molar-refractivity contribution is 4.82. The van der Waals surface area contributed by atoms with Crippen molar-refractivity contribution in [1.29, 1.82) is 0 Å². The zero-order valence-electron chi connectivity index (χ0n) is 7.68. The van der Waals surface area contributed by atoms with Crippen LogP contribution < -0.4 is 10.6 Å². The van der Waals surface area contributed by atoms with Gasteiger partial charge in [0.25, 0.3) is 0 Å². The molecule has 0 amide bonds. The van der Waals surface area contributed by atoms with E-state index in [1.165, 1.54) is 52.1 Å². The van der Waals surface area contributed by atoms with Crippen LogP contribution in [0, 0.1) is 0 Å². The predicted molar refractivity (Wildman–Crippen MR) is 50.3 cm³/mol. The first-order valence-electron chi connectivity index (χ1n) is 5.12. The molecule has 2 heterocycles. The van der Waals surface area contributed by atoms with Crippen molar-refractivity contribution >= 4 is 0 Å². The standard InChI is InChI=1S/C9H19N3/c1-3-10-5-7-12(6-1)9-2-4-11-8-9/h9-11H,1-8H2. The minimum Gasteiger partial charge on any atom is -0.315 e. The summed E-state index contributed by atoms with van der Waals surface area (Å²) in [5.41, 5.74) is 0. The van der Waals surface area contributed by atoms with Crippen molar-refractivity contribution in [2.24, 2.45) is 0 Å². The van der Waals surface area contributed by atoms with Gasteiger partial charge in [-0.15, -0.1) is 0 Å². The van der Waals surface area contributed by atoms with E-state index in [0.717, 1.165) is 6.04 Å². The van der Waals surface area contributed by atoms with Crippen molar-refractivity contribution in [3.05, 3.63) is 0 Å². The fourth-order valence-corrected chi connectivity index (χ4v) is 2.18. The molecule has 2 aliphatic heterocycles. The Kier molecular flexibility index (Phi) is 2.98. The molecule has 2 saturated heterocycles. The summed E-state index contributed by atoms with van der Waals surface area (Å²) in [7, 11) is 0. The van der Waals surface area contributed by atoms with Crippen LogP contribution in [0.1, 0.15) is 12.8 Å². The van der Waals surface area contributed by atoms with E-state index in [2.05, 4.69) is 15.5 Å². The normalized spacial score (nSPS) is 33.5. The minimum absolute atomic E-state index is 0.824. The van der Waals surface area contributed by atoms with E-state index >= 15 is 0 Å². The van der Waals surface area contributed by atoms with Gasteiger partial charge < -0.3 is 10.6 Å². The van der Waals surface area contributed by atoms with Crippen LogP contribution in [-0.4, -0.2) is 50.2 Å². The van der Waals surface area contributed by atoms with Crippen molar-refractivity contribution in [2.45, 2.75) is 18.9 Å². The number of hydrogen-bond acceptors (Lipinski definition) is 3. The summed E-state index contributed by atoms with van der Waals surface area (Å²) in [5, 5.41) is 6.87. The third-order valence-corrected chi connectivity index (χ3v) is 2.93. The van der Waals surface area contributed by atoms with Crippen LogP contribution >= 0.6 is 0 Å². The van der Waals surface area contributed by atoms with Gasteiger partial charge in [-0.2, -0.15) is 0 Å². The molecule has 2 rings (SSSR count). The van der Waals surface area contributed by atoms with E-state index in [0.29, 0.717) is 0 Å². The molecule has 2 aliphatic rings. The Morgan fingerprint density at radius 2 is 2.00 bits per heavy atom. The van der Waals surface area contributed by atoms with Crippen LogP contribution in [0.25, 0.3) is 0 Å². The summed E-state index contributed by atoms with van der Waals surface area (Å²) in [5.74, 6) is 0. The largest absolute Gasteiger partial charge is 0.315 e. The monoisotopic (exact) mass is 169 g/mol. The molecule has 3 nitrogen and oxygen atoms in total. The van der Waals surface area contributed by atoms with Crippen LogP contribution in [0.5, 0.6) is 0 Å². The van der Waals surface area contributed by atoms with Gasteiger partial charge in [-0.05, 0) is 32.5 Å². The highest BCUT2D eigenvalue weighted by Gasteiger charge is 2.22. The van der Waals surface area contributed by atoms with E-state index in [1.54, 1.807) is 0 Å². The lowest BCUT2D eigenvalue weighted by Crippen LogP contribution is -2.39. The summed E-state index contributed by atoms with van der Waals surface area (Å²) in [4.78, 5) is 2.64. The van der Waals surface area contributed by atoms with Crippen LogP contribution in [0.2, 0.25) is 0 Å². The molecule has 1 unspecified atom stereocenters. The number of nitrogens with zero attached hydrogens (tertiary/aromatic N) is 1. The van der Waals surface area contributed by atoms with Crippen molar-refractivity contribution in [3.63, 3.8) is 0 Å². The molecule has 3 heteroatoms. The molecule has 0 radical (unpaired) electrons. The molecule has 0 aromatic rings. The van der Waals surface area contributed by atoms with Gasteiger partial charge in [0.1, 0.15) is 0 Å². The fourth-order valence-electron chi connectivity index (χ4n) is 2.18. The average Bonchev–Trinajstić information content (AvgIpc) is 2.48. The molecular formula is C9H19N3. The molecule has 2 fully saturated rings. The minimum atomic E-state index is 0.824. The van der Waals surface area contributed by atoms with Gasteiger partial charge in [0.15, 0.2) is 0 Å². The molecular weight excluding hydrogens is 150 g/mol. The second-order valence-electron chi connectivity index (χ2n) is 3.79. The van der Waals surface area contributed by atoms with E-state index in [1.807, 2.05) is 0 Å². The van der Waals surface area contributed by atoms with Gasteiger partial charge >= 0.3 is 0 Å². The maximum absolute atomic E-state index is 3.44. The highest BCUT2D eigenvalue weighted by atomic mass is 15.2. The van der Waals surface area contributed by atoms with Gasteiger partial charge in [0.2, 0.25) is 0 Å². The number of rotatable bonds is 1. The van der Waals surface area contributed by atoms with Crippen LogP contribution in [0.4, 0.5) is 0 Å². The molecule has 0 bridgehead atoms. The second-order valence-corrected chi connectivity index (χ2v) is 3.79. The Balaban J connectivity index is 1.83. The summed E-state index contributed by atoms with van der Waals surface area (Å²) >= 11 is 0. The quantitative estimate of drug-likeness (QED) is 0.561. The Morgan fingerprint density at radius 1 is 1.00 bits per heavy atom. The van der Waals surface area contributed by atoms with Crippen molar-refractivity contribution in [3.8, 4) is 0 Å². The zero-order valence-corrected chi connectivity index (χ0v) is 7.68. The average molecular weight is 169 g/mol. The van der Waals surface area contributed by atoms with Crippen LogP contribution in [-0.2, 0) is 0 Å². The molecule has 2 N–H and O–H groups in total. The van der Waals surface area contributed by atoms with E-state index in [9.17, 15) is 0 Å². The van der Waals surface area contributed by atoms with E-state index in [4.69, 9.17) is 0 Å². The van der Waals surface area contributed by atoms with Crippen molar-refractivity contribution in [1.82, 2.24) is 15.5 Å². The maximum Gasteiger partial charge on any atom is 0.0233 e. The lowest BCUT2D eigenvalue weighted by Gasteiger charge is -2.25. The second kappa shape index (κ2) is 4.21. The summed E-state index contributed by atoms with van der Waals surface area (Å²) < 4.78 is 0. The molecule has 0 aromatic carbocycles. The fraction of sp³-hybridized carbons (Fsp3) is 1.00. The Bertz CT molecular complexity index is 124. The molecule has 0 saturated carbocycles. The zero-order chi connectivity index (χ0) is 8.23. The van der Waals surface area contributed by atoms with Gasteiger partial charge in [-0.3, -0.25) is 4.90 Å². The van der Waals surface area contributed by atoms with Crippen LogP contribution in [0.15, 0.2) is 0 Å². The molecule has 0 spiro atoms. The van der Waals surface area contributed by atoms with Gasteiger partial charge in [0, 0.05) is 25.7 Å². The predicted octanol–water partition coefficient (Wildman–Crippen LogP) is -0.356. The first-order chi connectivity index (χ1) is 5.97. The lowest BCUT2D eigenvalue weighted by atomic mass is 10.2. The summed E-state index contributed by atoms with van der Waals surface area (Å²) in [6.07, 6.45) is 2.66. The highest BCUT2D eigenvalue weighted by Crippen LogP contribution is 2.09. The maximum atomic E-state index is 3.44. The van der Waals surface area contributed by atoms with E-state index < -0.39 is 0 Å². The first kappa shape index (κ1) is 8.48. The first-order valence-corrected chi connectivity index (χ1v) is 5.12.